The van der Waals surface area contributed by atoms with E-state index in [4.69, 9.17) is 15.6 Å². The number of nitrogens with two attached hydrogens (primary N) is 1. The number of carbonyl (C=O) groups is 1. The minimum Gasteiger partial charge on any atom is -0.478 e. The van der Waals surface area contributed by atoms with Crippen molar-refractivity contribution >= 4 is 17.3 Å². The number of rotatable bonds is 7. The zero-order valence-corrected chi connectivity index (χ0v) is 10.2. The van der Waals surface area contributed by atoms with E-state index in [0.29, 0.717) is 18.8 Å². The number of nitrogen functional groups attached to an aromatic ring is 1. The van der Waals surface area contributed by atoms with Crippen molar-refractivity contribution in [1.29, 1.82) is 0 Å². The first-order chi connectivity index (χ1) is 8.66. The maximum absolute atomic E-state index is 10.7. The summed E-state index contributed by atoms with van der Waals surface area (Å²) >= 11 is 0. The highest BCUT2D eigenvalue weighted by Crippen LogP contribution is 2.28. The van der Waals surface area contributed by atoms with Gasteiger partial charge in [0.25, 0.3) is 0 Å². The SMILES string of the molecule is Nc1cc(C(=O)O)ccc1NCCOCC1CC1. The molecule has 18 heavy (non-hydrogen) atoms. The fourth-order valence-electron chi connectivity index (χ4n) is 1.65. The van der Waals surface area contributed by atoms with Crippen molar-refractivity contribution in [1.82, 2.24) is 0 Å². The van der Waals surface area contributed by atoms with Gasteiger partial charge < -0.3 is 20.9 Å². The normalized spacial score (nSPS) is 14.4. The summed E-state index contributed by atoms with van der Waals surface area (Å²) in [6.07, 6.45) is 2.58. The van der Waals surface area contributed by atoms with Gasteiger partial charge in [0.05, 0.1) is 23.5 Å². The second-order valence-electron chi connectivity index (χ2n) is 4.55. The third-order valence-corrected chi connectivity index (χ3v) is 2.91. The van der Waals surface area contributed by atoms with Gasteiger partial charge in [0.15, 0.2) is 0 Å². The molecule has 0 atom stereocenters. The highest BCUT2D eigenvalue weighted by molar-refractivity contribution is 5.90. The first-order valence-electron chi connectivity index (χ1n) is 6.11. The number of carboxylic acids is 1. The Labute approximate surface area is 106 Å². The number of hydrogen-bond acceptors (Lipinski definition) is 4. The average Bonchev–Trinajstić information content (AvgIpc) is 3.14. The molecule has 5 heteroatoms. The molecule has 5 nitrogen and oxygen atoms in total. The molecule has 4 N–H and O–H groups in total. The summed E-state index contributed by atoms with van der Waals surface area (Å²) in [5.74, 6) is -0.203. The summed E-state index contributed by atoms with van der Waals surface area (Å²) in [4.78, 5) is 10.7. The summed E-state index contributed by atoms with van der Waals surface area (Å²) in [5.41, 5.74) is 7.15. The molecule has 0 aromatic heterocycles. The zero-order valence-electron chi connectivity index (χ0n) is 10.2. The maximum Gasteiger partial charge on any atom is 0.335 e. The van der Waals surface area contributed by atoms with E-state index in [1.54, 1.807) is 6.07 Å². The van der Waals surface area contributed by atoms with Gasteiger partial charge in [-0.25, -0.2) is 4.79 Å². The maximum atomic E-state index is 10.7. The van der Waals surface area contributed by atoms with Crippen LogP contribution in [0.5, 0.6) is 0 Å². The van der Waals surface area contributed by atoms with Crippen molar-refractivity contribution in [2.24, 2.45) is 5.92 Å². The number of anilines is 2. The summed E-state index contributed by atoms with van der Waals surface area (Å²) in [6, 6.07) is 4.67. The van der Waals surface area contributed by atoms with Gasteiger partial charge in [0.1, 0.15) is 0 Å². The standard InChI is InChI=1S/C13H18N2O3/c14-11-7-10(13(16)17)3-4-12(11)15-5-6-18-8-9-1-2-9/h3-4,7,9,15H,1-2,5-6,8,14H2,(H,16,17). The van der Waals surface area contributed by atoms with E-state index in [1.807, 2.05) is 0 Å². The predicted molar refractivity (Wildman–Crippen MR) is 69.8 cm³/mol. The lowest BCUT2D eigenvalue weighted by Crippen LogP contribution is -2.12. The van der Waals surface area contributed by atoms with E-state index in [-0.39, 0.29) is 5.56 Å². The molecular formula is C13H18N2O3. The lowest BCUT2D eigenvalue weighted by Gasteiger charge is -2.10. The molecule has 0 amide bonds. The quantitative estimate of drug-likeness (QED) is 0.507. The smallest absolute Gasteiger partial charge is 0.335 e. The van der Waals surface area contributed by atoms with E-state index < -0.39 is 5.97 Å². The van der Waals surface area contributed by atoms with Crippen LogP contribution in [0.15, 0.2) is 18.2 Å². The second kappa shape index (κ2) is 5.73. The third kappa shape index (κ3) is 3.63. The fourth-order valence-corrected chi connectivity index (χ4v) is 1.65. The van der Waals surface area contributed by atoms with Gasteiger partial charge >= 0.3 is 5.97 Å². The summed E-state index contributed by atoms with van der Waals surface area (Å²) in [6.45, 7) is 2.15. The molecular weight excluding hydrogens is 232 g/mol. The first-order valence-corrected chi connectivity index (χ1v) is 6.11. The summed E-state index contributed by atoms with van der Waals surface area (Å²) in [7, 11) is 0. The molecule has 1 aliphatic carbocycles. The van der Waals surface area contributed by atoms with Crippen LogP contribution >= 0.6 is 0 Å². The van der Waals surface area contributed by atoms with E-state index in [0.717, 1.165) is 18.2 Å². The Morgan fingerprint density at radius 3 is 2.89 bits per heavy atom. The van der Waals surface area contributed by atoms with Gasteiger partial charge in [-0.3, -0.25) is 0 Å². The Hall–Kier alpha value is -1.75. The van der Waals surface area contributed by atoms with Crippen LogP contribution in [0.1, 0.15) is 23.2 Å². The molecule has 1 aromatic carbocycles. The molecule has 0 radical (unpaired) electrons. The van der Waals surface area contributed by atoms with Crippen molar-refractivity contribution in [2.75, 3.05) is 30.8 Å². The Morgan fingerprint density at radius 1 is 1.50 bits per heavy atom. The molecule has 0 unspecified atom stereocenters. The van der Waals surface area contributed by atoms with Gasteiger partial charge in [-0.2, -0.15) is 0 Å². The molecule has 1 aliphatic rings. The summed E-state index contributed by atoms with van der Waals surface area (Å²) in [5, 5.41) is 11.9. The molecule has 1 aromatic rings. The van der Waals surface area contributed by atoms with Crippen LogP contribution in [0, 0.1) is 5.92 Å². The number of ether oxygens (including phenoxy) is 1. The Balaban J connectivity index is 1.75. The van der Waals surface area contributed by atoms with Crippen molar-refractivity contribution in [2.45, 2.75) is 12.8 Å². The van der Waals surface area contributed by atoms with Crippen LogP contribution in [0.2, 0.25) is 0 Å². The van der Waals surface area contributed by atoms with Crippen molar-refractivity contribution < 1.29 is 14.6 Å². The molecule has 98 valence electrons. The van der Waals surface area contributed by atoms with Crippen molar-refractivity contribution in [3.63, 3.8) is 0 Å². The van der Waals surface area contributed by atoms with Gasteiger partial charge in [-0.15, -0.1) is 0 Å². The van der Waals surface area contributed by atoms with Crippen LogP contribution in [-0.4, -0.2) is 30.8 Å². The molecule has 0 spiro atoms. The highest BCUT2D eigenvalue weighted by atomic mass is 16.5. The zero-order chi connectivity index (χ0) is 13.0. The monoisotopic (exact) mass is 250 g/mol. The first kappa shape index (κ1) is 12.7. The van der Waals surface area contributed by atoms with Crippen LogP contribution in [0.4, 0.5) is 11.4 Å². The Morgan fingerprint density at radius 2 is 2.28 bits per heavy atom. The van der Waals surface area contributed by atoms with Crippen LogP contribution in [-0.2, 0) is 4.74 Å². The van der Waals surface area contributed by atoms with Crippen molar-refractivity contribution in [3.8, 4) is 0 Å². The number of carboxylic acid groups (broad SMARTS) is 1. The molecule has 0 saturated heterocycles. The number of benzene rings is 1. The lowest BCUT2D eigenvalue weighted by atomic mass is 10.2. The van der Waals surface area contributed by atoms with E-state index in [9.17, 15) is 4.79 Å². The highest BCUT2D eigenvalue weighted by Gasteiger charge is 2.20. The Bertz CT molecular complexity index is 430. The molecule has 0 aliphatic heterocycles. The largest absolute Gasteiger partial charge is 0.478 e. The van der Waals surface area contributed by atoms with E-state index in [2.05, 4.69) is 5.32 Å². The number of nitrogens with one attached hydrogen (secondary N) is 1. The molecule has 0 bridgehead atoms. The topological polar surface area (TPSA) is 84.6 Å². The molecule has 1 saturated carbocycles. The van der Waals surface area contributed by atoms with Crippen LogP contribution in [0.3, 0.4) is 0 Å². The fraction of sp³-hybridized carbons (Fsp3) is 0.462. The van der Waals surface area contributed by atoms with Gasteiger partial charge in [-0.05, 0) is 37.0 Å². The second-order valence-corrected chi connectivity index (χ2v) is 4.55. The van der Waals surface area contributed by atoms with E-state index >= 15 is 0 Å². The minimum absolute atomic E-state index is 0.197. The molecule has 2 rings (SSSR count). The van der Waals surface area contributed by atoms with Crippen LogP contribution in [0.25, 0.3) is 0 Å². The van der Waals surface area contributed by atoms with Gasteiger partial charge in [-0.1, -0.05) is 0 Å². The average molecular weight is 250 g/mol. The lowest BCUT2D eigenvalue weighted by molar-refractivity contribution is 0.0697. The van der Waals surface area contributed by atoms with Gasteiger partial charge in [0.2, 0.25) is 0 Å². The third-order valence-electron chi connectivity index (χ3n) is 2.91. The minimum atomic E-state index is -0.971. The predicted octanol–water partition coefficient (Wildman–Crippen LogP) is 1.81. The van der Waals surface area contributed by atoms with Gasteiger partial charge in [0, 0.05) is 13.2 Å². The number of aromatic carboxylic acids is 1. The molecule has 0 heterocycles. The Kier molecular flexibility index (Phi) is 4.04. The van der Waals surface area contributed by atoms with E-state index in [1.165, 1.54) is 25.0 Å². The van der Waals surface area contributed by atoms with Crippen LogP contribution < -0.4 is 11.1 Å². The number of hydrogen-bond donors (Lipinski definition) is 3. The molecule has 1 fully saturated rings. The summed E-state index contributed by atoms with van der Waals surface area (Å²) < 4.78 is 5.48. The van der Waals surface area contributed by atoms with Crippen molar-refractivity contribution in [3.05, 3.63) is 23.8 Å².